The van der Waals surface area contributed by atoms with Crippen LogP contribution in [0.15, 0.2) is 24.3 Å². The van der Waals surface area contributed by atoms with Crippen LogP contribution in [0.1, 0.15) is 50.6 Å². The molecular formula is C17H27FN2. The van der Waals surface area contributed by atoms with Crippen LogP contribution in [0.25, 0.3) is 0 Å². The Morgan fingerprint density at radius 3 is 2.65 bits per heavy atom. The first-order valence-electron chi connectivity index (χ1n) is 7.92. The zero-order chi connectivity index (χ0) is 14.4. The third kappa shape index (κ3) is 4.29. The molecular weight excluding hydrogens is 251 g/mol. The predicted molar refractivity (Wildman–Crippen MR) is 82.3 cm³/mol. The zero-order valence-electron chi connectivity index (χ0n) is 12.7. The molecule has 0 amide bonds. The second-order valence-electron chi connectivity index (χ2n) is 5.77. The Kier molecular flexibility index (Phi) is 5.99. The molecule has 112 valence electrons. The highest BCUT2D eigenvalue weighted by molar-refractivity contribution is 5.21. The molecule has 0 spiro atoms. The topological polar surface area (TPSA) is 15.3 Å². The van der Waals surface area contributed by atoms with E-state index in [4.69, 9.17) is 0 Å². The summed E-state index contributed by atoms with van der Waals surface area (Å²) in [6.07, 6.45) is 6.16. The summed E-state index contributed by atoms with van der Waals surface area (Å²) in [7, 11) is 1.92. The summed E-state index contributed by atoms with van der Waals surface area (Å²) in [4.78, 5) is 2.59. The third-order valence-electron chi connectivity index (χ3n) is 4.20. The van der Waals surface area contributed by atoms with Gasteiger partial charge in [-0.25, -0.2) is 4.39 Å². The van der Waals surface area contributed by atoms with Gasteiger partial charge in [0, 0.05) is 24.2 Å². The fraction of sp³-hybridized carbons (Fsp3) is 0.647. The number of halogens is 1. The highest BCUT2D eigenvalue weighted by Gasteiger charge is 2.28. The molecule has 0 saturated heterocycles. The van der Waals surface area contributed by atoms with Crippen LogP contribution in [0.3, 0.4) is 0 Å². The lowest BCUT2D eigenvalue weighted by atomic mass is 10.0. The first kappa shape index (κ1) is 15.5. The molecule has 1 aromatic rings. The van der Waals surface area contributed by atoms with Gasteiger partial charge in [-0.1, -0.05) is 31.5 Å². The normalized spacial score (nSPS) is 16.6. The lowest BCUT2D eigenvalue weighted by Gasteiger charge is -2.25. The highest BCUT2D eigenvalue weighted by Crippen LogP contribution is 2.28. The van der Waals surface area contributed by atoms with E-state index in [1.807, 2.05) is 19.2 Å². The van der Waals surface area contributed by atoms with Gasteiger partial charge in [0.05, 0.1) is 0 Å². The molecule has 1 fully saturated rings. The minimum absolute atomic E-state index is 0.0987. The van der Waals surface area contributed by atoms with E-state index in [2.05, 4.69) is 17.1 Å². The standard InChI is InChI=1S/C17H27FN2/c1-3-4-12-20(14-9-10-14)13-11-17(19-2)15-7-5-6-8-16(15)18/h5-8,14,17,19H,3-4,9-13H2,1-2H3. The Morgan fingerprint density at radius 2 is 2.05 bits per heavy atom. The Labute approximate surface area is 122 Å². The molecule has 20 heavy (non-hydrogen) atoms. The number of nitrogens with zero attached hydrogens (tertiary/aromatic N) is 1. The average Bonchev–Trinajstić information content (AvgIpc) is 3.29. The van der Waals surface area contributed by atoms with Crippen molar-refractivity contribution in [2.24, 2.45) is 0 Å². The molecule has 0 aliphatic heterocycles. The van der Waals surface area contributed by atoms with Crippen LogP contribution in [0.4, 0.5) is 4.39 Å². The van der Waals surface area contributed by atoms with E-state index in [9.17, 15) is 4.39 Å². The lowest BCUT2D eigenvalue weighted by Crippen LogP contribution is -2.31. The number of hydrogen-bond donors (Lipinski definition) is 1. The van der Waals surface area contributed by atoms with Gasteiger partial charge in [-0.15, -0.1) is 0 Å². The van der Waals surface area contributed by atoms with Crippen molar-refractivity contribution >= 4 is 0 Å². The smallest absolute Gasteiger partial charge is 0.127 e. The second-order valence-corrected chi connectivity index (χ2v) is 5.77. The van der Waals surface area contributed by atoms with Crippen LogP contribution in [0, 0.1) is 5.82 Å². The Hall–Kier alpha value is -0.930. The van der Waals surface area contributed by atoms with Crippen LogP contribution in [-0.4, -0.2) is 31.1 Å². The number of hydrogen-bond acceptors (Lipinski definition) is 2. The van der Waals surface area contributed by atoms with Crippen LogP contribution < -0.4 is 5.32 Å². The van der Waals surface area contributed by atoms with Gasteiger partial charge in [0.2, 0.25) is 0 Å². The van der Waals surface area contributed by atoms with E-state index in [1.54, 1.807) is 12.1 Å². The van der Waals surface area contributed by atoms with Gasteiger partial charge in [0.15, 0.2) is 0 Å². The summed E-state index contributed by atoms with van der Waals surface area (Å²) < 4.78 is 13.9. The number of nitrogens with one attached hydrogen (secondary N) is 1. The lowest BCUT2D eigenvalue weighted by molar-refractivity contribution is 0.244. The molecule has 1 unspecified atom stereocenters. The minimum Gasteiger partial charge on any atom is -0.313 e. The number of rotatable bonds is 9. The Balaban J connectivity index is 1.90. The molecule has 0 heterocycles. The average molecular weight is 278 g/mol. The Bertz CT molecular complexity index is 404. The van der Waals surface area contributed by atoms with E-state index in [0.717, 1.165) is 24.6 Å². The van der Waals surface area contributed by atoms with Gasteiger partial charge in [-0.2, -0.15) is 0 Å². The molecule has 1 saturated carbocycles. The van der Waals surface area contributed by atoms with E-state index < -0.39 is 0 Å². The molecule has 1 aliphatic rings. The van der Waals surface area contributed by atoms with Crippen molar-refractivity contribution < 1.29 is 4.39 Å². The maximum absolute atomic E-state index is 13.9. The van der Waals surface area contributed by atoms with Crippen molar-refractivity contribution in [1.82, 2.24) is 10.2 Å². The van der Waals surface area contributed by atoms with E-state index >= 15 is 0 Å². The quantitative estimate of drug-likeness (QED) is 0.740. The Morgan fingerprint density at radius 1 is 1.30 bits per heavy atom. The van der Waals surface area contributed by atoms with Gasteiger partial charge in [-0.3, -0.25) is 0 Å². The monoisotopic (exact) mass is 278 g/mol. The van der Waals surface area contributed by atoms with Crippen LogP contribution in [0.5, 0.6) is 0 Å². The van der Waals surface area contributed by atoms with Gasteiger partial charge in [0.25, 0.3) is 0 Å². The predicted octanol–water partition coefficient (Wildman–Crippen LogP) is 3.74. The van der Waals surface area contributed by atoms with Crippen molar-refractivity contribution in [2.45, 2.75) is 51.1 Å². The first-order valence-corrected chi connectivity index (χ1v) is 7.92. The fourth-order valence-electron chi connectivity index (χ4n) is 2.79. The summed E-state index contributed by atoms with van der Waals surface area (Å²) in [5.74, 6) is -0.0987. The summed E-state index contributed by atoms with van der Waals surface area (Å²) in [6, 6.07) is 8.01. The molecule has 1 atom stereocenters. The molecule has 1 aromatic carbocycles. The number of benzene rings is 1. The SMILES string of the molecule is CCCCN(CCC(NC)c1ccccc1F)C1CC1. The van der Waals surface area contributed by atoms with Crippen molar-refractivity contribution in [3.8, 4) is 0 Å². The maximum atomic E-state index is 13.9. The van der Waals surface area contributed by atoms with Crippen molar-refractivity contribution in [2.75, 3.05) is 20.1 Å². The van der Waals surface area contributed by atoms with Crippen LogP contribution in [-0.2, 0) is 0 Å². The molecule has 0 bridgehead atoms. The molecule has 2 nitrogen and oxygen atoms in total. The maximum Gasteiger partial charge on any atom is 0.127 e. The largest absolute Gasteiger partial charge is 0.313 e. The van der Waals surface area contributed by atoms with Crippen molar-refractivity contribution in [3.05, 3.63) is 35.6 Å². The van der Waals surface area contributed by atoms with Gasteiger partial charge in [0.1, 0.15) is 5.82 Å². The van der Waals surface area contributed by atoms with Gasteiger partial charge >= 0.3 is 0 Å². The third-order valence-corrected chi connectivity index (χ3v) is 4.20. The first-order chi connectivity index (χ1) is 9.76. The molecule has 1 N–H and O–H groups in total. The molecule has 1 aliphatic carbocycles. The molecule has 0 radical (unpaired) electrons. The van der Waals surface area contributed by atoms with E-state index in [-0.39, 0.29) is 11.9 Å². The highest BCUT2D eigenvalue weighted by atomic mass is 19.1. The van der Waals surface area contributed by atoms with Gasteiger partial charge in [-0.05, 0) is 45.3 Å². The molecule has 0 aromatic heterocycles. The van der Waals surface area contributed by atoms with Crippen LogP contribution >= 0.6 is 0 Å². The van der Waals surface area contributed by atoms with Crippen LogP contribution in [0.2, 0.25) is 0 Å². The summed E-state index contributed by atoms with van der Waals surface area (Å²) >= 11 is 0. The zero-order valence-corrected chi connectivity index (χ0v) is 12.7. The summed E-state index contributed by atoms with van der Waals surface area (Å²) in [5.41, 5.74) is 0.793. The second kappa shape index (κ2) is 7.75. The van der Waals surface area contributed by atoms with Gasteiger partial charge < -0.3 is 10.2 Å². The van der Waals surface area contributed by atoms with E-state index in [1.165, 1.54) is 32.2 Å². The minimum atomic E-state index is -0.0987. The molecule has 3 heteroatoms. The number of unbranched alkanes of at least 4 members (excludes halogenated alkanes) is 1. The summed E-state index contributed by atoms with van der Waals surface area (Å²) in [6.45, 7) is 4.49. The van der Waals surface area contributed by atoms with Crippen molar-refractivity contribution in [3.63, 3.8) is 0 Å². The van der Waals surface area contributed by atoms with Crippen molar-refractivity contribution in [1.29, 1.82) is 0 Å². The molecule has 2 rings (SSSR count). The summed E-state index contributed by atoms with van der Waals surface area (Å²) in [5, 5.41) is 3.26. The van der Waals surface area contributed by atoms with E-state index in [0.29, 0.717) is 0 Å². The fourth-order valence-corrected chi connectivity index (χ4v) is 2.79.